The van der Waals surface area contributed by atoms with E-state index in [1.807, 2.05) is 13.0 Å². The predicted octanol–water partition coefficient (Wildman–Crippen LogP) is 2.66. The molecule has 0 saturated heterocycles. The van der Waals surface area contributed by atoms with Gasteiger partial charge < -0.3 is 14.8 Å². The third kappa shape index (κ3) is 6.34. The summed E-state index contributed by atoms with van der Waals surface area (Å²) in [7, 11) is 1.64. The molecule has 0 aliphatic rings. The van der Waals surface area contributed by atoms with Crippen molar-refractivity contribution in [3.05, 3.63) is 34.6 Å². The molecule has 1 aromatic carbocycles. The molecule has 1 aromatic rings. The Kier molecular flexibility index (Phi) is 7.98. The van der Waals surface area contributed by atoms with Crippen LogP contribution in [0.1, 0.15) is 12.5 Å². The van der Waals surface area contributed by atoms with Gasteiger partial charge >= 0.3 is 0 Å². The van der Waals surface area contributed by atoms with Gasteiger partial charge in [0, 0.05) is 13.2 Å². The maximum absolute atomic E-state index is 13.4. The van der Waals surface area contributed by atoms with Crippen LogP contribution in [-0.2, 0) is 15.9 Å². The fourth-order valence-electron chi connectivity index (χ4n) is 1.80. The molecular weight excluding hydrogens is 269 g/mol. The molecule has 0 aliphatic heterocycles. The van der Waals surface area contributed by atoms with Gasteiger partial charge in [0.25, 0.3) is 0 Å². The number of rotatable bonds is 9. The molecule has 5 heteroatoms. The van der Waals surface area contributed by atoms with Crippen molar-refractivity contribution in [2.24, 2.45) is 0 Å². The Bertz CT molecular complexity index is 376. The number of methoxy groups -OCH3 is 1. The molecule has 1 unspecified atom stereocenters. The van der Waals surface area contributed by atoms with Gasteiger partial charge in [-0.1, -0.05) is 24.6 Å². The van der Waals surface area contributed by atoms with Crippen LogP contribution in [0.25, 0.3) is 0 Å². The number of hydrogen-bond acceptors (Lipinski definition) is 3. The molecule has 108 valence electrons. The molecule has 0 bridgehead atoms. The summed E-state index contributed by atoms with van der Waals surface area (Å²) in [6.45, 7) is 4.59. The summed E-state index contributed by atoms with van der Waals surface area (Å²) in [5, 5.41) is 3.47. The molecule has 3 nitrogen and oxygen atoms in total. The Labute approximate surface area is 119 Å². The first-order chi connectivity index (χ1) is 9.17. The minimum atomic E-state index is -0.380. The van der Waals surface area contributed by atoms with E-state index in [4.69, 9.17) is 21.1 Å². The van der Waals surface area contributed by atoms with Crippen LogP contribution in [0.4, 0.5) is 4.39 Å². The first-order valence-corrected chi connectivity index (χ1v) is 6.79. The monoisotopic (exact) mass is 289 g/mol. The van der Waals surface area contributed by atoms with E-state index in [1.165, 1.54) is 6.07 Å². The van der Waals surface area contributed by atoms with E-state index >= 15 is 0 Å². The van der Waals surface area contributed by atoms with E-state index in [0.29, 0.717) is 26.2 Å². The number of likely N-dealkylation sites (N-methyl/N-ethyl adjacent to an activating group) is 1. The second kappa shape index (κ2) is 9.26. The zero-order chi connectivity index (χ0) is 14.1. The molecule has 19 heavy (non-hydrogen) atoms. The van der Waals surface area contributed by atoms with Crippen molar-refractivity contribution in [2.75, 3.05) is 33.5 Å². The van der Waals surface area contributed by atoms with Crippen LogP contribution in [0.15, 0.2) is 18.2 Å². The first-order valence-electron chi connectivity index (χ1n) is 6.41. The van der Waals surface area contributed by atoms with Gasteiger partial charge in [0.05, 0.1) is 24.8 Å². The molecule has 0 saturated carbocycles. The minimum absolute atomic E-state index is 0.153. The van der Waals surface area contributed by atoms with Crippen molar-refractivity contribution in [3.8, 4) is 0 Å². The third-order valence-electron chi connectivity index (χ3n) is 2.71. The van der Waals surface area contributed by atoms with Crippen molar-refractivity contribution in [1.82, 2.24) is 5.32 Å². The van der Waals surface area contributed by atoms with Crippen LogP contribution in [0, 0.1) is 5.82 Å². The summed E-state index contributed by atoms with van der Waals surface area (Å²) in [5.74, 6) is -0.380. The van der Waals surface area contributed by atoms with Gasteiger partial charge in [-0.25, -0.2) is 4.39 Å². The van der Waals surface area contributed by atoms with Crippen LogP contribution in [0.3, 0.4) is 0 Å². The molecule has 0 radical (unpaired) electrons. The Balaban J connectivity index is 2.49. The average molecular weight is 290 g/mol. The van der Waals surface area contributed by atoms with Gasteiger partial charge in [0.1, 0.15) is 5.82 Å². The van der Waals surface area contributed by atoms with Crippen molar-refractivity contribution < 1.29 is 13.9 Å². The standard InChI is InChI=1S/C14H21ClFNO2/c1-3-17-12(10-19-7-6-18-2)8-11-4-5-13(15)14(16)9-11/h4-5,9,12,17H,3,6-8,10H2,1-2H3. The maximum atomic E-state index is 13.4. The lowest BCUT2D eigenvalue weighted by molar-refractivity contribution is 0.0589. The number of halogens is 2. The normalized spacial score (nSPS) is 12.6. The topological polar surface area (TPSA) is 30.5 Å². The van der Waals surface area contributed by atoms with Crippen molar-refractivity contribution in [2.45, 2.75) is 19.4 Å². The van der Waals surface area contributed by atoms with E-state index in [9.17, 15) is 4.39 Å². The SMILES string of the molecule is CCNC(COCCOC)Cc1ccc(Cl)c(F)c1. The van der Waals surface area contributed by atoms with Crippen LogP contribution in [0.2, 0.25) is 5.02 Å². The van der Waals surface area contributed by atoms with E-state index in [-0.39, 0.29) is 16.9 Å². The molecule has 0 aromatic heterocycles. The highest BCUT2D eigenvalue weighted by atomic mass is 35.5. The molecule has 0 spiro atoms. The molecule has 0 fully saturated rings. The Morgan fingerprint density at radius 2 is 2.16 bits per heavy atom. The van der Waals surface area contributed by atoms with Gasteiger partial charge in [0.15, 0.2) is 0 Å². The highest BCUT2D eigenvalue weighted by Gasteiger charge is 2.10. The Morgan fingerprint density at radius 1 is 1.37 bits per heavy atom. The molecule has 1 rings (SSSR count). The highest BCUT2D eigenvalue weighted by molar-refractivity contribution is 6.30. The zero-order valence-corrected chi connectivity index (χ0v) is 12.2. The fourth-order valence-corrected chi connectivity index (χ4v) is 1.92. The van der Waals surface area contributed by atoms with E-state index < -0.39 is 0 Å². The van der Waals surface area contributed by atoms with Crippen molar-refractivity contribution in [1.29, 1.82) is 0 Å². The minimum Gasteiger partial charge on any atom is -0.382 e. The largest absolute Gasteiger partial charge is 0.382 e. The molecule has 1 atom stereocenters. The van der Waals surface area contributed by atoms with E-state index in [1.54, 1.807) is 13.2 Å². The summed E-state index contributed by atoms with van der Waals surface area (Å²) >= 11 is 5.67. The molecule has 0 heterocycles. The number of ether oxygens (including phenoxy) is 2. The first kappa shape index (κ1) is 16.4. The predicted molar refractivity (Wildman–Crippen MR) is 75.3 cm³/mol. The molecule has 0 aliphatic carbocycles. The van der Waals surface area contributed by atoms with E-state index in [0.717, 1.165) is 12.1 Å². The smallest absolute Gasteiger partial charge is 0.142 e. The molecule has 1 N–H and O–H groups in total. The average Bonchev–Trinajstić information content (AvgIpc) is 2.39. The lowest BCUT2D eigenvalue weighted by Gasteiger charge is -2.18. The number of nitrogens with one attached hydrogen (secondary N) is 1. The lowest BCUT2D eigenvalue weighted by Crippen LogP contribution is -2.35. The maximum Gasteiger partial charge on any atom is 0.142 e. The zero-order valence-electron chi connectivity index (χ0n) is 11.4. The van der Waals surface area contributed by atoms with Gasteiger partial charge in [-0.15, -0.1) is 0 Å². The lowest BCUT2D eigenvalue weighted by atomic mass is 10.1. The fraction of sp³-hybridized carbons (Fsp3) is 0.571. The van der Waals surface area contributed by atoms with Crippen LogP contribution in [-0.4, -0.2) is 39.5 Å². The summed E-state index contributed by atoms with van der Waals surface area (Å²) in [6, 6.07) is 5.05. The van der Waals surface area contributed by atoms with Crippen LogP contribution < -0.4 is 5.32 Å². The highest BCUT2D eigenvalue weighted by Crippen LogP contribution is 2.16. The molecular formula is C14H21ClFNO2. The number of benzene rings is 1. The van der Waals surface area contributed by atoms with Gasteiger partial charge in [-0.3, -0.25) is 0 Å². The van der Waals surface area contributed by atoms with Gasteiger partial charge in [-0.2, -0.15) is 0 Å². The van der Waals surface area contributed by atoms with Crippen molar-refractivity contribution >= 4 is 11.6 Å². The Hall–Kier alpha value is -0.680. The van der Waals surface area contributed by atoms with E-state index in [2.05, 4.69) is 5.32 Å². The quantitative estimate of drug-likeness (QED) is 0.709. The van der Waals surface area contributed by atoms with Gasteiger partial charge in [-0.05, 0) is 30.7 Å². The number of hydrogen-bond donors (Lipinski definition) is 1. The van der Waals surface area contributed by atoms with Gasteiger partial charge in [0.2, 0.25) is 0 Å². The summed E-state index contributed by atoms with van der Waals surface area (Å²) in [4.78, 5) is 0. The summed E-state index contributed by atoms with van der Waals surface area (Å²) in [5.41, 5.74) is 0.906. The second-order valence-electron chi connectivity index (χ2n) is 4.27. The Morgan fingerprint density at radius 3 is 2.79 bits per heavy atom. The van der Waals surface area contributed by atoms with Crippen LogP contribution >= 0.6 is 11.6 Å². The molecule has 0 amide bonds. The van der Waals surface area contributed by atoms with Crippen LogP contribution in [0.5, 0.6) is 0 Å². The second-order valence-corrected chi connectivity index (χ2v) is 4.68. The summed E-state index contributed by atoms with van der Waals surface area (Å²) < 4.78 is 23.8. The summed E-state index contributed by atoms with van der Waals surface area (Å²) in [6.07, 6.45) is 0.703. The van der Waals surface area contributed by atoms with Crippen molar-refractivity contribution in [3.63, 3.8) is 0 Å². The third-order valence-corrected chi connectivity index (χ3v) is 3.02.